The van der Waals surface area contributed by atoms with Crippen LogP contribution in [-0.4, -0.2) is 23.4 Å². The number of thioether (sulfide) groups is 1. The number of rotatable bonds is 9. The molecule has 5 nitrogen and oxygen atoms in total. The molecule has 0 unspecified atom stereocenters. The lowest BCUT2D eigenvalue weighted by atomic mass is 10.1. The van der Waals surface area contributed by atoms with Crippen LogP contribution in [0.2, 0.25) is 5.02 Å². The maximum atomic E-state index is 13.3. The van der Waals surface area contributed by atoms with Gasteiger partial charge in [-0.25, -0.2) is 0 Å². The molecule has 0 aliphatic rings. The molecular formula is C31H25ClN2O3S. The maximum Gasteiger partial charge on any atom is 0.272 e. The van der Waals surface area contributed by atoms with Crippen LogP contribution in [0.4, 0.5) is 5.69 Å². The highest BCUT2D eigenvalue weighted by atomic mass is 35.5. The van der Waals surface area contributed by atoms with E-state index in [1.165, 1.54) is 11.8 Å². The number of ketones is 1. The quantitative estimate of drug-likeness (QED) is 0.136. The van der Waals surface area contributed by atoms with Crippen LogP contribution in [0.5, 0.6) is 0 Å². The largest absolute Gasteiger partial charge is 0.321 e. The SMILES string of the molecule is Cc1ccc(C(=O)CSc2cccc(NC(=O)/C(=C/c3ccc(Cl)cc3)NC(=O)c3ccccc3)c2)cc1. The van der Waals surface area contributed by atoms with Gasteiger partial charge in [-0.1, -0.05) is 77.8 Å². The van der Waals surface area contributed by atoms with Gasteiger partial charge in [0.15, 0.2) is 5.78 Å². The highest BCUT2D eigenvalue weighted by molar-refractivity contribution is 8.00. The van der Waals surface area contributed by atoms with Crippen LogP contribution in [0.3, 0.4) is 0 Å². The third-order valence-corrected chi connectivity index (χ3v) is 6.79. The van der Waals surface area contributed by atoms with Crippen LogP contribution in [0, 0.1) is 6.92 Å². The Morgan fingerprint density at radius 3 is 2.24 bits per heavy atom. The van der Waals surface area contributed by atoms with Gasteiger partial charge in [-0.05, 0) is 61.0 Å². The molecular weight excluding hydrogens is 516 g/mol. The van der Waals surface area contributed by atoms with E-state index in [0.29, 0.717) is 27.4 Å². The molecule has 0 atom stereocenters. The molecule has 4 rings (SSSR count). The van der Waals surface area contributed by atoms with Crippen molar-refractivity contribution in [3.8, 4) is 0 Å². The molecule has 0 saturated carbocycles. The molecule has 0 bridgehead atoms. The zero-order valence-electron chi connectivity index (χ0n) is 20.6. The second-order valence-corrected chi connectivity index (χ2v) is 9.97. The topological polar surface area (TPSA) is 75.3 Å². The Kier molecular flexibility index (Phi) is 9.14. The van der Waals surface area contributed by atoms with Gasteiger partial charge in [0.05, 0.1) is 5.75 Å². The first kappa shape index (κ1) is 26.9. The Morgan fingerprint density at radius 1 is 0.816 bits per heavy atom. The number of carbonyl (C=O) groups excluding carboxylic acids is 3. The first-order valence-corrected chi connectivity index (χ1v) is 13.2. The fourth-order valence-corrected chi connectivity index (χ4v) is 4.48. The van der Waals surface area contributed by atoms with Gasteiger partial charge in [0.1, 0.15) is 5.70 Å². The van der Waals surface area contributed by atoms with E-state index in [-0.39, 0.29) is 17.2 Å². The van der Waals surface area contributed by atoms with E-state index in [1.807, 2.05) is 43.3 Å². The zero-order chi connectivity index (χ0) is 26.9. The molecule has 4 aromatic carbocycles. The number of anilines is 1. The van der Waals surface area contributed by atoms with Crippen molar-refractivity contribution < 1.29 is 14.4 Å². The molecule has 0 heterocycles. The van der Waals surface area contributed by atoms with E-state index in [9.17, 15) is 14.4 Å². The maximum absolute atomic E-state index is 13.3. The number of Topliss-reactive ketones (excluding diaryl/α,β-unsaturated/α-hetero) is 1. The molecule has 0 aliphatic carbocycles. The lowest BCUT2D eigenvalue weighted by Crippen LogP contribution is -2.30. The third kappa shape index (κ3) is 7.68. The zero-order valence-corrected chi connectivity index (χ0v) is 22.2. The second kappa shape index (κ2) is 12.9. The van der Waals surface area contributed by atoms with Crippen molar-refractivity contribution in [2.45, 2.75) is 11.8 Å². The normalized spacial score (nSPS) is 11.1. The molecule has 0 spiro atoms. The fraction of sp³-hybridized carbons (Fsp3) is 0.0645. The predicted molar refractivity (Wildman–Crippen MR) is 155 cm³/mol. The van der Waals surface area contributed by atoms with Gasteiger partial charge >= 0.3 is 0 Å². The summed E-state index contributed by atoms with van der Waals surface area (Å²) < 4.78 is 0. The Morgan fingerprint density at radius 2 is 1.53 bits per heavy atom. The molecule has 0 fully saturated rings. The second-order valence-electron chi connectivity index (χ2n) is 8.49. The molecule has 2 amide bonds. The molecule has 0 aromatic heterocycles. The molecule has 38 heavy (non-hydrogen) atoms. The monoisotopic (exact) mass is 540 g/mol. The lowest BCUT2D eigenvalue weighted by molar-refractivity contribution is -0.113. The minimum absolute atomic E-state index is 0.0289. The van der Waals surface area contributed by atoms with Crippen molar-refractivity contribution in [2.75, 3.05) is 11.1 Å². The summed E-state index contributed by atoms with van der Waals surface area (Å²) in [5.74, 6) is -0.585. The predicted octanol–water partition coefficient (Wildman–Crippen LogP) is 7.03. The minimum atomic E-state index is -0.484. The molecule has 2 N–H and O–H groups in total. The van der Waals surface area contributed by atoms with E-state index in [2.05, 4.69) is 10.6 Å². The summed E-state index contributed by atoms with van der Waals surface area (Å²) in [6, 6.07) is 30.3. The van der Waals surface area contributed by atoms with Crippen molar-refractivity contribution in [1.29, 1.82) is 0 Å². The van der Waals surface area contributed by atoms with Gasteiger partial charge in [0.25, 0.3) is 11.8 Å². The summed E-state index contributed by atoms with van der Waals surface area (Å²) in [5.41, 5.74) is 3.51. The van der Waals surface area contributed by atoms with E-state index < -0.39 is 11.8 Å². The van der Waals surface area contributed by atoms with Crippen LogP contribution >= 0.6 is 23.4 Å². The van der Waals surface area contributed by atoms with Crippen LogP contribution in [0.15, 0.2) is 114 Å². The minimum Gasteiger partial charge on any atom is -0.321 e. The van der Waals surface area contributed by atoms with Crippen LogP contribution < -0.4 is 10.6 Å². The smallest absolute Gasteiger partial charge is 0.272 e. The van der Waals surface area contributed by atoms with Gasteiger partial charge < -0.3 is 10.6 Å². The van der Waals surface area contributed by atoms with Crippen molar-refractivity contribution in [3.05, 3.63) is 136 Å². The van der Waals surface area contributed by atoms with Gasteiger partial charge in [-0.15, -0.1) is 11.8 Å². The Hall–Kier alpha value is -4.13. The molecule has 0 aliphatic heterocycles. The number of hydrogen-bond acceptors (Lipinski definition) is 4. The summed E-state index contributed by atoms with van der Waals surface area (Å²) >= 11 is 7.38. The van der Waals surface area contributed by atoms with Crippen molar-refractivity contribution in [1.82, 2.24) is 5.32 Å². The number of nitrogens with one attached hydrogen (secondary N) is 2. The summed E-state index contributed by atoms with van der Waals surface area (Å²) in [5, 5.41) is 6.14. The number of benzene rings is 4. The van der Waals surface area contributed by atoms with E-state index in [0.717, 1.165) is 10.5 Å². The Bertz CT molecular complexity index is 1470. The number of halogens is 1. The van der Waals surface area contributed by atoms with Crippen LogP contribution in [-0.2, 0) is 4.79 Å². The molecule has 4 aromatic rings. The molecule has 0 saturated heterocycles. The molecule has 7 heteroatoms. The number of carbonyl (C=O) groups is 3. The van der Waals surface area contributed by atoms with Gasteiger partial charge in [0.2, 0.25) is 0 Å². The summed E-state index contributed by atoms with van der Waals surface area (Å²) in [4.78, 5) is 39.4. The van der Waals surface area contributed by atoms with Gasteiger partial charge in [-0.2, -0.15) is 0 Å². The Labute approximate surface area is 230 Å². The van der Waals surface area contributed by atoms with Crippen LogP contribution in [0.1, 0.15) is 31.8 Å². The van der Waals surface area contributed by atoms with Crippen molar-refractivity contribution >= 4 is 52.7 Å². The standard InChI is InChI=1S/C31H25ClN2O3S/c1-21-10-14-23(15-11-21)29(35)20-38-27-9-5-8-26(19-27)33-31(37)28(18-22-12-16-25(32)17-13-22)34-30(36)24-6-3-2-4-7-24/h2-19H,20H2,1H3,(H,33,37)(H,34,36)/b28-18-. The molecule has 0 radical (unpaired) electrons. The van der Waals surface area contributed by atoms with E-state index in [4.69, 9.17) is 11.6 Å². The van der Waals surface area contributed by atoms with E-state index >= 15 is 0 Å². The summed E-state index contributed by atoms with van der Waals surface area (Å²) in [7, 11) is 0. The Balaban J connectivity index is 1.48. The summed E-state index contributed by atoms with van der Waals surface area (Å²) in [6.45, 7) is 1.98. The number of hydrogen-bond donors (Lipinski definition) is 2. The van der Waals surface area contributed by atoms with Crippen molar-refractivity contribution in [2.24, 2.45) is 0 Å². The van der Waals surface area contributed by atoms with Crippen LogP contribution in [0.25, 0.3) is 6.08 Å². The fourth-order valence-electron chi connectivity index (χ4n) is 3.50. The lowest BCUT2D eigenvalue weighted by Gasteiger charge is -2.12. The first-order valence-electron chi connectivity index (χ1n) is 11.8. The van der Waals surface area contributed by atoms with Crippen molar-refractivity contribution in [3.63, 3.8) is 0 Å². The average Bonchev–Trinajstić information content (AvgIpc) is 2.93. The highest BCUT2D eigenvalue weighted by Gasteiger charge is 2.15. The third-order valence-electron chi connectivity index (χ3n) is 5.55. The van der Waals surface area contributed by atoms with Gasteiger partial charge in [0, 0.05) is 26.7 Å². The number of aryl methyl sites for hydroxylation is 1. The van der Waals surface area contributed by atoms with E-state index in [1.54, 1.807) is 72.8 Å². The highest BCUT2D eigenvalue weighted by Crippen LogP contribution is 2.23. The van der Waals surface area contributed by atoms with Gasteiger partial charge in [-0.3, -0.25) is 14.4 Å². The summed E-state index contributed by atoms with van der Waals surface area (Å²) in [6.07, 6.45) is 1.59. The first-order chi connectivity index (χ1) is 18.4. The number of amides is 2. The molecule has 190 valence electrons. The average molecular weight is 541 g/mol.